The van der Waals surface area contributed by atoms with Gasteiger partial charge in [0, 0.05) is 43.7 Å². The standard InChI is InChI=1S/C18H35N7O5.C18H24N2O3.C7H8/c1-12(26)24-13(6-2-4-8-19)17(29)23-11-16(28)25-14(7-3-5-9-20)18(30)22-10-15(21)27;1-4-7-10-19-17(21)15-11-13-8-9-14(20(5-2)6-3)12-16(13)23-18(15)22;1-7-5-3-2-4-6-7/h13-14H,2-11,19-20H2,1H3,(H2,21,27)(H,22,30)(H,23,29)(H,24,26)(H,25,28);8-9,11-12H,4-7,10H2,1-3H3,(H,19,21);2-6H,1H3. The zero-order valence-corrected chi connectivity index (χ0v) is 35.9. The Morgan fingerprint density at radius 2 is 1.32 bits per heavy atom. The SMILES string of the molecule is CC(=O)NC(CCCCN)C(=O)NCC(=O)NC(CCCCN)C(=O)NCC(N)=O.CCCCNC(=O)c1cc2ccc(N(CC)CC)cc2oc1=O.Cc1ccccc1. The summed E-state index contributed by atoms with van der Waals surface area (Å²) in [6, 6.07) is 15.9. The summed E-state index contributed by atoms with van der Waals surface area (Å²) in [5.41, 5.74) is 18.2. The number of carbonyl (C=O) groups excluding carboxylic acids is 6. The first-order chi connectivity index (χ1) is 28.7. The first-order valence-electron chi connectivity index (χ1n) is 20.6. The van der Waals surface area contributed by atoms with Gasteiger partial charge in [0.15, 0.2) is 0 Å². The van der Waals surface area contributed by atoms with Gasteiger partial charge in [0.2, 0.25) is 29.5 Å². The van der Waals surface area contributed by atoms with E-state index in [-0.39, 0.29) is 30.5 Å². The minimum absolute atomic E-state index is 0.0594. The molecule has 17 heteroatoms. The van der Waals surface area contributed by atoms with Crippen LogP contribution in [0.2, 0.25) is 0 Å². The maximum Gasteiger partial charge on any atom is 0.349 e. The molecule has 0 bridgehead atoms. The maximum atomic E-state index is 12.3. The average molecular weight is 838 g/mol. The number of benzene rings is 2. The number of hydrogen-bond donors (Lipinski definition) is 8. The minimum Gasteiger partial charge on any atom is -0.422 e. The van der Waals surface area contributed by atoms with Crippen LogP contribution in [0.3, 0.4) is 0 Å². The Kier molecular flexibility index (Phi) is 26.3. The van der Waals surface area contributed by atoms with E-state index >= 15 is 0 Å². The molecule has 0 aliphatic carbocycles. The second kappa shape index (κ2) is 30.3. The molecule has 1 heterocycles. The molecule has 2 aromatic carbocycles. The summed E-state index contributed by atoms with van der Waals surface area (Å²) in [7, 11) is 0. The van der Waals surface area contributed by atoms with Crippen LogP contribution >= 0.6 is 0 Å². The van der Waals surface area contributed by atoms with Crippen LogP contribution in [-0.2, 0) is 24.0 Å². The molecule has 11 N–H and O–H groups in total. The Hall–Kier alpha value is -5.81. The highest BCUT2D eigenvalue weighted by molar-refractivity contribution is 5.97. The smallest absolute Gasteiger partial charge is 0.349 e. The Bertz CT molecular complexity index is 1830. The van der Waals surface area contributed by atoms with Crippen LogP contribution in [0.25, 0.3) is 11.0 Å². The molecule has 332 valence electrons. The van der Waals surface area contributed by atoms with E-state index in [9.17, 15) is 33.6 Å². The lowest BCUT2D eigenvalue weighted by Crippen LogP contribution is -2.52. The Balaban J connectivity index is 0.000000524. The van der Waals surface area contributed by atoms with Crippen molar-refractivity contribution in [2.24, 2.45) is 17.2 Å². The van der Waals surface area contributed by atoms with Gasteiger partial charge in [0.1, 0.15) is 23.2 Å². The topological polar surface area (TPSA) is 274 Å². The summed E-state index contributed by atoms with van der Waals surface area (Å²) in [4.78, 5) is 85.2. The first kappa shape index (κ1) is 52.2. The van der Waals surface area contributed by atoms with Crippen molar-refractivity contribution in [3.8, 4) is 0 Å². The van der Waals surface area contributed by atoms with Crippen molar-refractivity contribution in [1.29, 1.82) is 0 Å². The van der Waals surface area contributed by atoms with Gasteiger partial charge in [-0.3, -0.25) is 28.8 Å². The van der Waals surface area contributed by atoms with E-state index in [1.165, 1.54) is 12.5 Å². The fraction of sp³-hybridized carbons (Fsp3) is 0.512. The lowest BCUT2D eigenvalue weighted by molar-refractivity contribution is -0.131. The van der Waals surface area contributed by atoms with Crippen LogP contribution in [-0.4, -0.2) is 93.3 Å². The minimum atomic E-state index is -0.893. The van der Waals surface area contributed by atoms with Gasteiger partial charge in [-0.05, 0) is 97.0 Å². The number of unbranched alkanes of at least 4 members (excludes halogenated alkanes) is 3. The van der Waals surface area contributed by atoms with E-state index in [4.69, 9.17) is 21.6 Å². The molecule has 1 aromatic heterocycles. The van der Waals surface area contributed by atoms with E-state index in [1.54, 1.807) is 6.07 Å². The Morgan fingerprint density at radius 1 is 0.733 bits per heavy atom. The molecule has 3 aromatic rings. The van der Waals surface area contributed by atoms with Gasteiger partial charge in [-0.15, -0.1) is 0 Å². The monoisotopic (exact) mass is 838 g/mol. The molecule has 0 aliphatic heterocycles. The molecule has 0 saturated carbocycles. The fourth-order valence-electron chi connectivity index (χ4n) is 5.65. The number of primary amides is 1. The molecule has 0 radical (unpaired) electrons. The molecule has 0 fully saturated rings. The molecule has 2 atom stereocenters. The van der Waals surface area contributed by atoms with Crippen LogP contribution in [0.4, 0.5) is 5.69 Å². The Morgan fingerprint density at radius 3 is 1.82 bits per heavy atom. The van der Waals surface area contributed by atoms with Gasteiger partial charge in [0.05, 0.1) is 13.1 Å². The molecule has 6 amide bonds. The zero-order chi connectivity index (χ0) is 44.9. The first-order valence-corrected chi connectivity index (χ1v) is 20.6. The highest BCUT2D eigenvalue weighted by Crippen LogP contribution is 2.22. The zero-order valence-electron chi connectivity index (χ0n) is 35.9. The number of rotatable bonds is 23. The van der Waals surface area contributed by atoms with Crippen LogP contribution in [0, 0.1) is 6.92 Å². The molecule has 0 saturated heterocycles. The van der Waals surface area contributed by atoms with Crippen LogP contribution < -0.4 is 54.3 Å². The summed E-state index contributed by atoms with van der Waals surface area (Å²) in [6.45, 7) is 12.1. The predicted octanol–water partition coefficient (Wildman–Crippen LogP) is 2.12. The van der Waals surface area contributed by atoms with Crippen LogP contribution in [0.5, 0.6) is 0 Å². The van der Waals surface area contributed by atoms with E-state index in [1.807, 2.05) is 43.3 Å². The summed E-state index contributed by atoms with van der Waals surface area (Å²) in [6.07, 6.45) is 5.17. The largest absolute Gasteiger partial charge is 0.422 e. The van der Waals surface area contributed by atoms with Crippen molar-refractivity contribution in [3.05, 3.63) is 76.1 Å². The van der Waals surface area contributed by atoms with Crippen LogP contribution in [0.1, 0.15) is 95.0 Å². The molecular formula is C43H67N9O8. The van der Waals surface area contributed by atoms with Gasteiger partial charge in [-0.25, -0.2) is 4.79 Å². The number of fused-ring (bicyclic) bond motifs is 1. The highest BCUT2D eigenvalue weighted by atomic mass is 16.4. The van der Waals surface area contributed by atoms with Gasteiger partial charge >= 0.3 is 5.63 Å². The molecule has 60 heavy (non-hydrogen) atoms. The summed E-state index contributed by atoms with van der Waals surface area (Å²) in [5.74, 6) is -3.08. The van der Waals surface area contributed by atoms with E-state index in [2.05, 4.69) is 64.4 Å². The van der Waals surface area contributed by atoms with Crippen molar-refractivity contribution in [1.82, 2.24) is 26.6 Å². The van der Waals surface area contributed by atoms with Crippen molar-refractivity contribution in [2.75, 3.05) is 50.7 Å². The lowest BCUT2D eigenvalue weighted by Gasteiger charge is -2.21. The third kappa shape index (κ3) is 21.3. The molecular weight excluding hydrogens is 771 g/mol. The fourth-order valence-corrected chi connectivity index (χ4v) is 5.65. The summed E-state index contributed by atoms with van der Waals surface area (Å²) < 4.78 is 5.36. The van der Waals surface area contributed by atoms with Crippen molar-refractivity contribution >= 4 is 52.1 Å². The van der Waals surface area contributed by atoms with E-state index in [0.29, 0.717) is 63.7 Å². The van der Waals surface area contributed by atoms with Gasteiger partial charge < -0.3 is 53.1 Å². The van der Waals surface area contributed by atoms with Gasteiger partial charge in [-0.2, -0.15) is 0 Å². The second-order valence-corrected chi connectivity index (χ2v) is 14.0. The molecule has 0 aliphatic rings. The van der Waals surface area contributed by atoms with Crippen molar-refractivity contribution in [2.45, 2.75) is 98.1 Å². The number of aryl methyl sites for hydroxylation is 1. The predicted molar refractivity (Wildman–Crippen MR) is 235 cm³/mol. The number of nitrogens with two attached hydrogens (primary N) is 3. The molecule has 17 nitrogen and oxygen atoms in total. The molecule has 0 spiro atoms. The average Bonchev–Trinajstić information content (AvgIpc) is 3.22. The number of hydrogen-bond acceptors (Lipinski definition) is 11. The third-order valence-electron chi connectivity index (χ3n) is 8.95. The molecule has 3 rings (SSSR count). The summed E-state index contributed by atoms with van der Waals surface area (Å²) >= 11 is 0. The highest BCUT2D eigenvalue weighted by Gasteiger charge is 2.23. The third-order valence-corrected chi connectivity index (χ3v) is 8.95. The Labute approximate surface area is 353 Å². The summed E-state index contributed by atoms with van der Waals surface area (Å²) in [5, 5.41) is 13.4. The number of carbonyl (C=O) groups is 6. The van der Waals surface area contributed by atoms with E-state index < -0.39 is 41.3 Å². The normalized spacial score (nSPS) is 11.3. The number of nitrogens with one attached hydrogen (secondary N) is 5. The maximum absolute atomic E-state index is 12.3. The number of amides is 6. The molecule has 2 unspecified atom stereocenters. The number of anilines is 1. The van der Waals surface area contributed by atoms with Gasteiger partial charge in [-0.1, -0.05) is 49.2 Å². The van der Waals surface area contributed by atoms with Crippen LogP contribution in [0.15, 0.2) is 63.8 Å². The second-order valence-electron chi connectivity index (χ2n) is 14.0. The lowest BCUT2D eigenvalue weighted by atomic mass is 10.1. The number of nitrogens with zero attached hydrogens (tertiary/aromatic N) is 1. The van der Waals surface area contributed by atoms with Crippen molar-refractivity contribution in [3.63, 3.8) is 0 Å². The van der Waals surface area contributed by atoms with Gasteiger partial charge in [0.25, 0.3) is 5.91 Å². The van der Waals surface area contributed by atoms with E-state index in [0.717, 1.165) is 37.0 Å². The quantitative estimate of drug-likeness (QED) is 0.0506. The van der Waals surface area contributed by atoms with Crippen molar-refractivity contribution < 1.29 is 33.2 Å².